The maximum Gasteiger partial charge on any atom is 0.254 e. The molecule has 1 amide bonds. The number of methoxy groups -OCH3 is 1. The Hall–Kier alpha value is -2.44. The van der Waals surface area contributed by atoms with E-state index >= 15 is 0 Å². The molecule has 2 aromatic rings. The quantitative estimate of drug-likeness (QED) is 0.711. The topological polar surface area (TPSA) is 42.0 Å². The lowest BCUT2D eigenvalue weighted by Gasteiger charge is -2.38. The number of benzene rings is 2. The van der Waals surface area contributed by atoms with Gasteiger partial charge in [-0.15, -0.1) is 0 Å². The van der Waals surface area contributed by atoms with Gasteiger partial charge in [-0.1, -0.05) is 24.6 Å². The number of ether oxygens (including phenoxy) is 2. The van der Waals surface area contributed by atoms with Gasteiger partial charge in [0.25, 0.3) is 5.91 Å². The molecule has 0 aromatic heterocycles. The minimum Gasteiger partial charge on any atom is -0.492 e. The number of piperidine rings is 1. The first-order valence-corrected chi connectivity index (χ1v) is 11.6. The van der Waals surface area contributed by atoms with Crippen molar-refractivity contribution in [3.63, 3.8) is 0 Å². The molecule has 0 unspecified atom stereocenters. The van der Waals surface area contributed by atoms with E-state index in [1.165, 1.54) is 6.07 Å². The van der Waals surface area contributed by atoms with Gasteiger partial charge in [0.05, 0.1) is 6.10 Å². The van der Waals surface area contributed by atoms with Gasteiger partial charge in [-0.2, -0.15) is 0 Å². The van der Waals surface area contributed by atoms with Crippen LogP contribution in [0, 0.1) is 11.7 Å². The summed E-state index contributed by atoms with van der Waals surface area (Å²) in [6.07, 6.45) is 4.22. The van der Waals surface area contributed by atoms with Crippen molar-refractivity contribution in [3.05, 3.63) is 65.5 Å². The van der Waals surface area contributed by atoms with Crippen LogP contribution in [0.3, 0.4) is 0 Å². The van der Waals surface area contributed by atoms with E-state index in [0.29, 0.717) is 30.4 Å². The molecule has 2 aliphatic rings. The number of carbonyl (C=O) groups is 1. The highest BCUT2D eigenvalue weighted by atomic mass is 19.1. The van der Waals surface area contributed by atoms with Crippen molar-refractivity contribution in [2.24, 2.45) is 5.92 Å². The Morgan fingerprint density at radius 1 is 1.06 bits per heavy atom. The summed E-state index contributed by atoms with van der Waals surface area (Å²) in [5.41, 5.74) is 1.64. The van der Waals surface area contributed by atoms with Crippen molar-refractivity contribution in [3.8, 4) is 5.75 Å². The molecule has 0 aliphatic carbocycles. The minimum atomic E-state index is -0.203. The lowest BCUT2D eigenvalue weighted by Crippen LogP contribution is -2.46. The van der Waals surface area contributed by atoms with Crippen LogP contribution in [-0.2, 0) is 11.3 Å². The summed E-state index contributed by atoms with van der Waals surface area (Å²) in [5.74, 6) is 0.919. The van der Waals surface area contributed by atoms with Gasteiger partial charge in [-0.05, 0) is 61.7 Å². The summed E-state index contributed by atoms with van der Waals surface area (Å²) in [6, 6.07) is 14.3. The van der Waals surface area contributed by atoms with Gasteiger partial charge >= 0.3 is 0 Å². The van der Waals surface area contributed by atoms with Gasteiger partial charge in [-0.25, -0.2) is 4.39 Å². The highest BCUT2D eigenvalue weighted by Gasteiger charge is 2.31. The number of rotatable bonds is 3. The predicted molar refractivity (Wildman–Crippen MR) is 122 cm³/mol. The average molecular weight is 441 g/mol. The largest absolute Gasteiger partial charge is 0.492 e. The van der Waals surface area contributed by atoms with Crippen molar-refractivity contribution in [1.82, 2.24) is 9.80 Å². The summed E-state index contributed by atoms with van der Waals surface area (Å²) in [5, 5.41) is 0. The second-order valence-corrected chi connectivity index (χ2v) is 8.85. The minimum absolute atomic E-state index is 0.0672. The molecule has 5 nitrogen and oxygen atoms in total. The van der Waals surface area contributed by atoms with Crippen LogP contribution in [0.25, 0.3) is 0 Å². The molecular weight excluding hydrogens is 407 g/mol. The van der Waals surface area contributed by atoms with Crippen LogP contribution in [-0.4, -0.2) is 61.7 Å². The Bertz CT molecular complexity index is 906. The molecule has 6 heteroatoms. The number of halogens is 1. The molecule has 172 valence electrons. The number of nitrogens with zero attached hydrogens (tertiary/aromatic N) is 2. The predicted octanol–water partition coefficient (Wildman–Crippen LogP) is 4.37. The van der Waals surface area contributed by atoms with Crippen LogP contribution in [0.2, 0.25) is 0 Å². The van der Waals surface area contributed by atoms with E-state index in [4.69, 9.17) is 9.47 Å². The third-order valence-corrected chi connectivity index (χ3v) is 6.61. The monoisotopic (exact) mass is 440 g/mol. The summed E-state index contributed by atoms with van der Waals surface area (Å²) in [6.45, 7) is 4.33. The first kappa shape index (κ1) is 22.7. The standard InChI is InChI=1S/C26H33FN2O3/c1-31-25-11-13-29-19-22(25)7-2-3-12-28(18-20-6-4-9-23(27)16-20)14-15-32-24-10-5-8-21(17-24)26(29)30/h4-6,8-10,16-17,22,25H,2-3,7,11-15,18-19H2,1H3/t22-,25+/m0/s1. The maximum atomic E-state index is 13.7. The lowest BCUT2D eigenvalue weighted by atomic mass is 9.89. The number of fused-ring (bicyclic) bond motifs is 4. The summed E-state index contributed by atoms with van der Waals surface area (Å²) < 4.78 is 25.4. The van der Waals surface area contributed by atoms with Crippen LogP contribution < -0.4 is 4.74 Å². The molecule has 0 saturated carbocycles. The normalized spacial score (nSPS) is 23.2. The fourth-order valence-corrected chi connectivity index (χ4v) is 4.88. The third-order valence-electron chi connectivity index (χ3n) is 6.61. The molecule has 0 N–H and O–H groups in total. The molecule has 2 aromatic carbocycles. The fraction of sp³-hybridized carbons (Fsp3) is 0.500. The van der Waals surface area contributed by atoms with Crippen molar-refractivity contribution in [2.75, 3.05) is 39.9 Å². The van der Waals surface area contributed by atoms with Gasteiger partial charge in [0.1, 0.15) is 18.2 Å². The van der Waals surface area contributed by atoms with E-state index in [1.807, 2.05) is 35.2 Å². The van der Waals surface area contributed by atoms with E-state index in [2.05, 4.69) is 4.90 Å². The molecule has 2 atom stereocenters. The van der Waals surface area contributed by atoms with Crippen LogP contribution >= 0.6 is 0 Å². The Morgan fingerprint density at radius 2 is 1.94 bits per heavy atom. The number of amides is 1. The molecule has 4 bridgehead atoms. The highest BCUT2D eigenvalue weighted by molar-refractivity contribution is 5.94. The van der Waals surface area contributed by atoms with Gasteiger partial charge in [0.15, 0.2) is 0 Å². The molecule has 2 aliphatic heterocycles. The zero-order valence-corrected chi connectivity index (χ0v) is 18.8. The molecule has 0 spiro atoms. The molecular formula is C26H33FN2O3. The fourth-order valence-electron chi connectivity index (χ4n) is 4.88. The van der Waals surface area contributed by atoms with Crippen LogP contribution in [0.5, 0.6) is 5.75 Å². The van der Waals surface area contributed by atoms with Crippen molar-refractivity contribution < 1.29 is 18.7 Å². The molecule has 1 fully saturated rings. The number of hydrogen-bond donors (Lipinski definition) is 0. The molecule has 2 heterocycles. The van der Waals surface area contributed by atoms with Crippen molar-refractivity contribution in [1.29, 1.82) is 0 Å². The molecule has 1 saturated heterocycles. The van der Waals surface area contributed by atoms with Gasteiger partial charge < -0.3 is 14.4 Å². The first-order chi connectivity index (χ1) is 15.6. The smallest absolute Gasteiger partial charge is 0.254 e. The SMILES string of the molecule is CO[C@@H]1CCN2C[C@@H]1CCCCN(Cc1cccc(F)c1)CCOc1cccc(c1)C2=O. The molecule has 4 rings (SSSR count). The highest BCUT2D eigenvalue weighted by Crippen LogP contribution is 2.27. The maximum absolute atomic E-state index is 13.7. The Kier molecular flexibility index (Phi) is 7.76. The van der Waals surface area contributed by atoms with Gasteiger partial charge in [0, 0.05) is 44.8 Å². The van der Waals surface area contributed by atoms with E-state index in [1.54, 1.807) is 19.2 Å². The van der Waals surface area contributed by atoms with Crippen LogP contribution in [0.1, 0.15) is 41.6 Å². The average Bonchev–Trinajstić information content (AvgIpc) is 2.81. The van der Waals surface area contributed by atoms with Gasteiger partial charge in [0.2, 0.25) is 0 Å². The Balaban J connectivity index is 1.50. The summed E-state index contributed by atoms with van der Waals surface area (Å²) >= 11 is 0. The second kappa shape index (κ2) is 10.9. The first-order valence-electron chi connectivity index (χ1n) is 11.6. The van der Waals surface area contributed by atoms with E-state index < -0.39 is 0 Å². The van der Waals surface area contributed by atoms with Crippen LogP contribution in [0.4, 0.5) is 4.39 Å². The van der Waals surface area contributed by atoms with E-state index in [-0.39, 0.29) is 17.8 Å². The summed E-state index contributed by atoms with van der Waals surface area (Å²) in [4.78, 5) is 17.4. The summed E-state index contributed by atoms with van der Waals surface area (Å²) in [7, 11) is 1.78. The van der Waals surface area contributed by atoms with Crippen LogP contribution in [0.15, 0.2) is 48.5 Å². The molecule has 32 heavy (non-hydrogen) atoms. The van der Waals surface area contributed by atoms with Crippen molar-refractivity contribution in [2.45, 2.75) is 38.3 Å². The lowest BCUT2D eigenvalue weighted by molar-refractivity contribution is -0.00676. The zero-order chi connectivity index (χ0) is 22.3. The van der Waals surface area contributed by atoms with Crippen molar-refractivity contribution >= 4 is 5.91 Å². The Morgan fingerprint density at radius 3 is 2.78 bits per heavy atom. The zero-order valence-electron chi connectivity index (χ0n) is 18.8. The second-order valence-electron chi connectivity index (χ2n) is 8.85. The Labute approximate surface area is 190 Å². The third kappa shape index (κ3) is 5.87. The van der Waals surface area contributed by atoms with E-state index in [9.17, 15) is 9.18 Å². The number of hydrogen-bond acceptors (Lipinski definition) is 4. The molecule has 0 radical (unpaired) electrons. The van der Waals surface area contributed by atoms with Gasteiger partial charge in [-0.3, -0.25) is 9.69 Å². The number of carbonyl (C=O) groups excluding carboxylic acids is 1. The van der Waals surface area contributed by atoms with E-state index in [0.717, 1.165) is 57.4 Å².